The Morgan fingerprint density at radius 1 is 1.06 bits per heavy atom. The lowest BCUT2D eigenvalue weighted by atomic mass is 10.0. The van der Waals surface area contributed by atoms with Gasteiger partial charge in [-0.1, -0.05) is 48.9 Å². The van der Waals surface area contributed by atoms with Gasteiger partial charge in [-0.3, -0.25) is 4.79 Å². The summed E-state index contributed by atoms with van der Waals surface area (Å²) in [5.74, 6) is -0.0867. The zero-order valence-corrected chi connectivity index (χ0v) is 18.9. The van der Waals surface area contributed by atoms with Crippen molar-refractivity contribution >= 4 is 50.6 Å². The summed E-state index contributed by atoms with van der Waals surface area (Å²) >= 11 is 6.28. The van der Waals surface area contributed by atoms with Crippen LogP contribution in [0.15, 0.2) is 65.3 Å². The van der Waals surface area contributed by atoms with Crippen LogP contribution in [0, 0.1) is 0 Å². The Labute approximate surface area is 192 Å². The molecule has 2 heterocycles. The summed E-state index contributed by atoms with van der Waals surface area (Å²) in [6, 6.07) is 17.9. The van der Waals surface area contributed by atoms with Crippen molar-refractivity contribution < 1.29 is 9.21 Å². The first-order valence-electron chi connectivity index (χ1n) is 11.1. The third-order valence-corrected chi connectivity index (χ3v) is 6.52. The Bertz CT molecular complexity index is 1270. The standard InChI is InChI=1S/C26H26ClN3O2/c1-2-29-11-13-30(14-12-29)23-9-8-20(27)16-22(23)28-25(31)15-19-17-32-24-10-7-18-5-3-4-6-21(18)26(19)24/h3-10,16-17H,2,11-15H2,1H3,(H,28,31). The molecular weight excluding hydrogens is 422 g/mol. The molecule has 0 atom stereocenters. The van der Waals surface area contributed by atoms with Gasteiger partial charge in [-0.2, -0.15) is 0 Å². The molecule has 6 heteroatoms. The summed E-state index contributed by atoms with van der Waals surface area (Å²) < 4.78 is 5.75. The molecule has 0 radical (unpaired) electrons. The van der Waals surface area contributed by atoms with Gasteiger partial charge in [0, 0.05) is 42.2 Å². The van der Waals surface area contributed by atoms with Crippen LogP contribution in [0.25, 0.3) is 21.7 Å². The predicted molar refractivity (Wildman–Crippen MR) is 132 cm³/mol. The van der Waals surface area contributed by atoms with E-state index in [1.54, 1.807) is 6.26 Å². The first-order chi connectivity index (χ1) is 15.6. The van der Waals surface area contributed by atoms with Crippen molar-refractivity contribution in [1.29, 1.82) is 0 Å². The molecule has 1 N–H and O–H groups in total. The van der Waals surface area contributed by atoms with Gasteiger partial charge in [0.1, 0.15) is 5.58 Å². The van der Waals surface area contributed by atoms with Gasteiger partial charge in [0.15, 0.2) is 0 Å². The van der Waals surface area contributed by atoms with Gasteiger partial charge < -0.3 is 19.5 Å². The average Bonchev–Trinajstić information content (AvgIpc) is 3.22. The number of fused-ring (bicyclic) bond motifs is 3. The van der Waals surface area contributed by atoms with E-state index in [2.05, 4.69) is 34.2 Å². The van der Waals surface area contributed by atoms with Crippen LogP contribution in [0.2, 0.25) is 5.02 Å². The number of rotatable bonds is 5. The molecule has 1 aromatic heterocycles. The molecule has 1 aliphatic rings. The Morgan fingerprint density at radius 2 is 1.88 bits per heavy atom. The number of benzene rings is 3. The molecule has 1 saturated heterocycles. The first kappa shape index (κ1) is 20.9. The van der Waals surface area contributed by atoms with Gasteiger partial charge in [-0.05, 0) is 41.6 Å². The summed E-state index contributed by atoms with van der Waals surface area (Å²) in [6.07, 6.45) is 1.93. The number of carbonyl (C=O) groups excluding carboxylic acids is 1. The molecule has 0 aliphatic carbocycles. The van der Waals surface area contributed by atoms with Crippen LogP contribution in [0.3, 0.4) is 0 Å². The number of likely N-dealkylation sites (N-methyl/N-ethyl adjacent to an activating group) is 1. The second-order valence-corrected chi connectivity index (χ2v) is 8.66. The van der Waals surface area contributed by atoms with Gasteiger partial charge in [0.05, 0.1) is 24.1 Å². The third-order valence-electron chi connectivity index (χ3n) is 6.28. The third kappa shape index (κ3) is 4.06. The molecule has 4 aromatic rings. The van der Waals surface area contributed by atoms with Crippen molar-refractivity contribution in [2.75, 3.05) is 42.9 Å². The van der Waals surface area contributed by atoms with E-state index in [1.807, 2.05) is 42.5 Å². The fraction of sp³-hybridized carbons (Fsp3) is 0.269. The number of nitrogens with zero attached hydrogens (tertiary/aromatic N) is 2. The number of amides is 1. The van der Waals surface area contributed by atoms with E-state index in [0.29, 0.717) is 5.02 Å². The normalized spacial score (nSPS) is 14.9. The lowest BCUT2D eigenvalue weighted by Crippen LogP contribution is -2.46. The highest BCUT2D eigenvalue weighted by Crippen LogP contribution is 2.32. The molecule has 5 nitrogen and oxygen atoms in total. The van der Waals surface area contributed by atoms with Crippen molar-refractivity contribution in [2.24, 2.45) is 0 Å². The van der Waals surface area contributed by atoms with E-state index in [4.69, 9.17) is 16.0 Å². The highest BCUT2D eigenvalue weighted by Gasteiger charge is 2.20. The molecule has 164 valence electrons. The van der Waals surface area contributed by atoms with Crippen molar-refractivity contribution in [3.8, 4) is 0 Å². The van der Waals surface area contributed by atoms with Crippen molar-refractivity contribution in [3.05, 3.63) is 71.4 Å². The second kappa shape index (κ2) is 8.85. The lowest BCUT2D eigenvalue weighted by Gasteiger charge is -2.36. The monoisotopic (exact) mass is 447 g/mol. The fourth-order valence-electron chi connectivity index (χ4n) is 4.56. The molecule has 1 amide bonds. The topological polar surface area (TPSA) is 48.7 Å². The highest BCUT2D eigenvalue weighted by molar-refractivity contribution is 6.31. The minimum absolute atomic E-state index is 0.0867. The first-order valence-corrected chi connectivity index (χ1v) is 11.4. The summed E-state index contributed by atoms with van der Waals surface area (Å²) in [5.41, 5.74) is 3.45. The van der Waals surface area contributed by atoms with E-state index in [1.165, 1.54) is 0 Å². The fourth-order valence-corrected chi connectivity index (χ4v) is 4.73. The number of halogens is 1. The molecule has 0 bridgehead atoms. The molecular formula is C26H26ClN3O2. The molecule has 0 spiro atoms. The van der Waals surface area contributed by atoms with Crippen LogP contribution >= 0.6 is 11.6 Å². The van der Waals surface area contributed by atoms with E-state index >= 15 is 0 Å². The number of anilines is 2. The summed E-state index contributed by atoms with van der Waals surface area (Å²) in [5, 5.41) is 6.94. The van der Waals surface area contributed by atoms with Crippen LogP contribution in [0.4, 0.5) is 11.4 Å². The number of nitrogens with one attached hydrogen (secondary N) is 1. The molecule has 0 saturated carbocycles. The quantitative estimate of drug-likeness (QED) is 0.435. The molecule has 32 heavy (non-hydrogen) atoms. The number of piperazine rings is 1. The Balaban J connectivity index is 1.39. The zero-order chi connectivity index (χ0) is 22.1. The van der Waals surface area contributed by atoms with Crippen molar-refractivity contribution in [3.63, 3.8) is 0 Å². The zero-order valence-electron chi connectivity index (χ0n) is 18.1. The Morgan fingerprint density at radius 3 is 2.69 bits per heavy atom. The van der Waals surface area contributed by atoms with Gasteiger partial charge in [0.25, 0.3) is 0 Å². The Kier molecular flexibility index (Phi) is 5.77. The second-order valence-electron chi connectivity index (χ2n) is 8.23. The van der Waals surface area contributed by atoms with Crippen molar-refractivity contribution in [1.82, 2.24) is 4.90 Å². The van der Waals surface area contributed by atoms with Gasteiger partial charge in [-0.15, -0.1) is 0 Å². The maximum atomic E-state index is 13.1. The maximum absolute atomic E-state index is 13.1. The molecule has 5 rings (SSSR count). The van der Waals surface area contributed by atoms with Crippen LogP contribution in [0.5, 0.6) is 0 Å². The largest absolute Gasteiger partial charge is 0.464 e. The summed E-state index contributed by atoms with van der Waals surface area (Å²) in [4.78, 5) is 17.8. The minimum Gasteiger partial charge on any atom is -0.464 e. The number of furan rings is 1. The molecule has 0 unspecified atom stereocenters. The number of carbonyl (C=O) groups is 1. The lowest BCUT2D eigenvalue weighted by molar-refractivity contribution is -0.115. The predicted octanol–water partition coefficient (Wildman–Crippen LogP) is 5.56. The van der Waals surface area contributed by atoms with E-state index in [0.717, 1.165) is 71.4 Å². The maximum Gasteiger partial charge on any atom is 0.228 e. The van der Waals surface area contributed by atoms with E-state index in [-0.39, 0.29) is 12.3 Å². The van der Waals surface area contributed by atoms with Crippen LogP contribution < -0.4 is 10.2 Å². The number of hydrogen-bond donors (Lipinski definition) is 1. The van der Waals surface area contributed by atoms with Crippen LogP contribution in [0.1, 0.15) is 12.5 Å². The SMILES string of the molecule is CCN1CCN(c2ccc(Cl)cc2NC(=O)Cc2coc3ccc4ccccc4c23)CC1. The van der Waals surface area contributed by atoms with Crippen LogP contribution in [-0.4, -0.2) is 43.5 Å². The smallest absolute Gasteiger partial charge is 0.228 e. The van der Waals surface area contributed by atoms with Crippen molar-refractivity contribution in [2.45, 2.75) is 13.3 Å². The number of hydrogen-bond acceptors (Lipinski definition) is 4. The van der Waals surface area contributed by atoms with Gasteiger partial charge >= 0.3 is 0 Å². The highest BCUT2D eigenvalue weighted by atomic mass is 35.5. The Hall–Kier alpha value is -3.02. The van der Waals surface area contributed by atoms with Gasteiger partial charge in [-0.25, -0.2) is 0 Å². The minimum atomic E-state index is -0.0867. The average molecular weight is 448 g/mol. The van der Waals surface area contributed by atoms with E-state index in [9.17, 15) is 4.79 Å². The summed E-state index contributed by atoms with van der Waals surface area (Å²) in [6.45, 7) is 7.13. The van der Waals surface area contributed by atoms with E-state index < -0.39 is 0 Å². The van der Waals surface area contributed by atoms with Crippen LogP contribution in [-0.2, 0) is 11.2 Å². The molecule has 1 aliphatic heterocycles. The molecule has 3 aromatic carbocycles. The molecule has 1 fully saturated rings. The van der Waals surface area contributed by atoms with Gasteiger partial charge in [0.2, 0.25) is 5.91 Å². The summed E-state index contributed by atoms with van der Waals surface area (Å²) in [7, 11) is 0.